The lowest BCUT2D eigenvalue weighted by Crippen LogP contribution is -2.14. The number of thioether (sulfide) groups is 1. The van der Waals surface area contributed by atoms with E-state index in [4.69, 9.17) is 0 Å². The molecule has 0 saturated carbocycles. The fourth-order valence-corrected chi connectivity index (χ4v) is 5.05. The van der Waals surface area contributed by atoms with Gasteiger partial charge in [-0.05, 0) is 57.5 Å². The molecule has 0 radical (unpaired) electrons. The fraction of sp³-hybridized carbons (Fsp3) is 0.300. The Morgan fingerprint density at radius 1 is 1.11 bits per heavy atom. The highest BCUT2D eigenvalue weighted by Gasteiger charge is 2.21. The van der Waals surface area contributed by atoms with Crippen molar-refractivity contribution in [3.63, 3.8) is 0 Å². The first-order chi connectivity index (χ1) is 12.8. The van der Waals surface area contributed by atoms with Gasteiger partial charge in [0.1, 0.15) is 15.7 Å². The van der Waals surface area contributed by atoms with Gasteiger partial charge in [0.2, 0.25) is 5.91 Å². The summed E-state index contributed by atoms with van der Waals surface area (Å²) >= 11 is 3.13. The van der Waals surface area contributed by atoms with Crippen LogP contribution >= 0.6 is 23.1 Å². The number of Topliss-reactive ketones (excluding diaryl/α,β-unsaturated/α-hetero) is 1. The highest BCUT2D eigenvalue weighted by Crippen LogP contribution is 2.37. The maximum absolute atomic E-state index is 12.8. The molecule has 5 nitrogen and oxygen atoms in total. The number of carbonyl (C=O) groups excluding carboxylic acids is 2. The first-order valence-corrected chi connectivity index (χ1v) is 10.3. The molecule has 0 unspecified atom stereocenters. The molecule has 27 heavy (non-hydrogen) atoms. The van der Waals surface area contributed by atoms with E-state index in [1.54, 1.807) is 35.6 Å². The summed E-state index contributed by atoms with van der Waals surface area (Å²) in [5.74, 6) is 0.608. The molecular formula is C20H21N3O2S2. The number of fused-ring (bicyclic) bond motifs is 1. The maximum Gasteiger partial charge on any atom is 0.221 e. The molecule has 1 atom stereocenters. The van der Waals surface area contributed by atoms with E-state index in [1.165, 1.54) is 29.1 Å². The van der Waals surface area contributed by atoms with Gasteiger partial charge in [0.15, 0.2) is 5.78 Å². The molecule has 2 aromatic heterocycles. The lowest BCUT2D eigenvalue weighted by molar-refractivity contribution is -0.114. The van der Waals surface area contributed by atoms with E-state index in [1.807, 2.05) is 13.8 Å². The number of aryl methyl sites for hydroxylation is 3. The van der Waals surface area contributed by atoms with Gasteiger partial charge in [0, 0.05) is 28.4 Å². The Morgan fingerprint density at radius 3 is 2.41 bits per heavy atom. The van der Waals surface area contributed by atoms with Crippen molar-refractivity contribution in [2.75, 3.05) is 5.32 Å². The molecule has 0 aliphatic heterocycles. The number of benzene rings is 1. The van der Waals surface area contributed by atoms with Crippen molar-refractivity contribution >= 4 is 50.7 Å². The van der Waals surface area contributed by atoms with Crippen LogP contribution in [0.3, 0.4) is 0 Å². The summed E-state index contributed by atoms with van der Waals surface area (Å²) in [5, 5.41) is 4.33. The number of amides is 1. The summed E-state index contributed by atoms with van der Waals surface area (Å²) in [6.07, 6.45) is 0. The molecule has 0 fully saturated rings. The average Bonchev–Trinajstić information content (AvgIpc) is 2.88. The quantitative estimate of drug-likeness (QED) is 0.374. The van der Waals surface area contributed by atoms with Gasteiger partial charge >= 0.3 is 0 Å². The van der Waals surface area contributed by atoms with Gasteiger partial charge in [0.25, 0.3) is 0 Å². The molecule has 3 rings (SSSR count). The number of thiophene rings is 1. The zero-order valence-electron chi connectivity index (χ0n) is 15.9. The maximum atomic E-state index is 12.8. The minimum atomic E-state index is -0.284. The minimum absolute atomic E-state index is 0.0309. The number of nitrogens with one attached hydrogen (secondary N) is 1. The van der Waals surface area contributed by atoms with Crippen molar-refractivity contribution in [1.29, 1.82) is 0 Å². The highest BCUT2D eigenvalue weighted by atomic mass is 32.2. The molecule has 1 amide bonds. The normalized spacial score (nSPS) is 12.2. The molecule has 3 aromatic rings. The minimum Gasteiger partial charge on any atom is -0.326 e. The van der Waals surface area contributed by atoms with Crippen molar-refractivity contribution in [1.82, 2.24) is 9.97 Å². The summed E-state index contributed by atoms with van der Waals surface area (Å²) in [6, 6.07) is 6.97. The van der Waals surface area contributed by atoms with E-state index in [0.717, 1.165) is 15.2 Å². The number of anilines is 1. The van der Waals surface area contributed by atoms with Crippen LogP contribution in [0.15, 0.2) is 29.3 Å². The van der Waals surface area contributed by atoms with Crippen LogP contribution in [0.1, 0.15) is 40.5 Å². The van der Waals surface area contributed by atoms with Crippen LogP contribution in [0, 0.1) is 20.8 Å². The summed E-state index contributed by atoms with van der Waals surface area (Å²) < 4.78 is 0. The summed E-state index contributed by atoms with van der Waals surface area (Å²) in [5.41, 5.74) is 2.47. The van der Waals surface area contributed by atoms with Crippen molar-refractivity contribution in [2.45, 2.75) is 44.9 Å². The van der Waals surface area contributed by atoms with Gasteiger partial charge in [-0.25, -0.2) is 9.97 Å². The smallest absolute Gasteiger partial charge is 0.221 e. The Bertz CT molecular complexity index is 1030. The zero-order valence-corrected chi connectivity index (χ0v) is 17.5. The largest absolute Gasteiger partial charge is 0.326 e. The van der Waals surface area contributed by atoms with Crippen LogP contribution < -0.4 is 5.32 Å². The third kappa shape index (κ3) is 4.20. The summed E-state index contributed by atoms with van der Waals surface area (Å²) in [7, 11) is 0. The van der Waals surface area contributed by atoms with Crippen molar-refractivity contribution in [3.8, 4) is 0 Å². The molecule has 140 valence electrons. The third-order valence-corrected chi connectivity index (χ3v) is 6.44. The molecule has 1 aromatic carbocycles. The Hall–Kier alpha value is -2.25. The van der Waals surface area contributed by atoms with Gasteiger partial charge in [-0.1, -0.05) is 11.8 Å². The Kier molecular flexibility index (Phi) is 5.62. The first kappa shape index (κ1) is 19.5. The van der Waals surface area contributed by atoms with Crippen LogP contribution in [-0.4, -0.2) is 26.9 Å². The van der Waals surface area contributed by atoms with Crippen LogP contribution in [0.25, 0.3) is 10.2 Å². The number of aromatic nitrogens is 2. The van der Waals surface area contributed by atoms with E-state index < -0.39 is 0 Å². The zero-order chi connectivity index (χ0) is 19.7. The highest BCUT2D eigenvalue weighted by molar-refractivity contribution is 8.00. The van der Waals surface area contributed by atoms with Crippen LogP contribution in [0.4, 0.5) is 5.69 Å². The second kappa shape index (κ2) is 7.78. The Balaban J connectivity index is 1.85. The van der Waals surface area contributed by atoms with E-state index in [-0.39, 0.29) is 16.9 Å². The molecule has 0 bridgehead atoms. The number of hydrogen-bond acceptors (Lipinski definition) is 6. The standard InChI is InChI=1S/C20H21N3O2S2/c1-10-11(2)26-19-17(10)20(22-13(4)21-19)27-12(3)18(25)15-6-8-16(9-7-15)23-14(5)24/h6-9,12H,1-5H3,(H,23,24)/t12-/m1/s1. The number of ketones is 1. The van der Waals surface area contributed by atoms with E-state index in [0.29, 0.717) is 17.1 Å². The summed E-state index contributed by atoms with van der Waals surface area (Å²) in [4.78, 5) is 35.3. The molecule has 0 aliphatic rings. The van der Waals surface area contributed by atoms with E-state index in [9.17, 15) is 9.59 Å². The number of carbonyl (C=O) groups is 2. The van der Waals surface area contributed by atoms with E-state index in [2.05, 4.69) is 29.1 Å². The molecular weight excluding hydrogens is 378 g/mol. The van der Waals surface area contributed by atoms with Gasteiger partial charge in [-0.15, -0.1) is 11.3 Å². The number of hydrogen-bond donors (Lipinski definition) is 1. The Morgan fingerprint density at radius 2 is 1.78 bits per heavy atom. The fourth-order valence-electron chi connectivity index (χ4n) is 2.78. The van der Waals surface area contributed by atoms with E-state index >= 15 is 0 Å². The Labute approximate surface area is 166 Å². The molecule has 0 saturated heterocycles. The lowest BCUT2D eigenvalue weighted by atomic mass is 10.1. The second-order valence-electron chi connectivity index (χ2n) is 6.42. The topological polar surface area (TPSA) is 72.0 Å². The van der Waals surface area contributed by atoms with Gasteiger partial charge < -0.3 is 5.32 Å². The predicted octanol–water partition coefficient (Wildman–Crippen LogP) is 4.94. The lowest BCUT2D eigenvalue weighted by Gasteiger charge is -2.12. The van der Waals surface area contributed by atoms with Crippen molar-refractivity contribution in [3.05, 3.63) is 46.1 Å². The van der Waals surface area contributed by atoms with Crippen LogP contribution in [-0.2, 0) is 4.79 Å². The van der Waals surface area contributed by atoms with Gasteiger partial charge in [-0.3, -0.25) is 9.59 Å². The van der Waals surface area contributed by atoms with Crippen molar-refractivity contribution in [2.24, 2.45) is 0 Å². The summed E-state index contributed by atoms with van der Waals surface area (Å²) in [6.45, 7) is 9.38. The van der Waals surface area contributed by atoms with Crippen LogP contribution in [0.2, 0.25) is 0 Å². The first-order valence-electron chi connectivity index (χ1n) is 8.59. The SMILES string of the molecule is CC(=O)Nc1ccc(C(=O)[C@@H](C)Sc2nc(C)nc3sc(C)c(C)c23)cc1. The van der Waals surface area contributed by atoms with Crippen molar-refractivity contribution < 1.29 is 9.59 Å². The number of rotatable bonds is 5. The van der Waals surface area contributed by atoms with Gasteiger partial charge in [0.05, 0.1) is 5.25 Å². The molecule has 2 heterocycles. The predicted molar refractivity (Wildman–Crippen MR) is 112 cm³/mol. The van der Waals surface area contributed by atoms with Crippen LogP contribution in [0.5, 0.6) is 0 Å². The number of nitrogens with zero attached hydrogens (tertiary/aromatic N) is 2. The second-order valence-corrected chi connectivity index (χ2v) is 8.95. The molecule has 1 N–H and O–H groups in total. The molecule has 7 heteroatoms. The molecule has 0 aliphatic carbocycles. The monoisotopic (exact) mass is 399 g/mol. The molecule has 0 spiro atoms. The average molecular weight is 400 g/mol. The third-order valence-electron chi connectivity index (χ3n) is 4.25. The van der Waals surface area contributed by atoms with Gasteiger partial charge in [-0.2, -0.15) is 0 Å².